The number of nitrogens with zero attached hydrogens (tertiary/aromatic N) is 3. The normalized spacial score (nSPS) is 11.1. The molecule has 4 aromatic rings. The zero-order valence-electron chi connectivity index (χ0n) is 15.0. The van der Waals surface area contributed by atoms with Crippen LogP contribution < -0.4 is 10.1 Å². The molecule has 0 amide bonds. The van der Waals surface area contributed by atoms with Gasteiger partial charge < -0.3 is 10.1 Å². The number of anilines is 1. The zero-order valence-corrected chi connectivity index (χ0v) is 15.0. The zero-order chi connectivity index (χ0) is 18.5. The molecular weight excluding hydrogens is 336 g/mol. The Bertz CT molecular complexity index is 1070. The standard InChI is InChI=1S/C22H20N4O/c1-27-20-11-6-5-10-18(20)12-13-19-21(24-16-17-8-3-2-4-9-17)26-15-7-14-23-22(26)25-19/h2-15,24H,16H2,1H3/b13-12+. The number of rotatable bonds is 6. The van der Waals surface area contributed by atoms with E-state index < -0.39 is 0 Å². The average Bonchev–Trinajstić information content (AvgIpc) is 3.09. The monoisotopic (exact) mass is 356 g/mol. The van der Waals surface area contributed by atoms with Crippen molar-refractivity contribution in [3.05, 3.63) is 89.9 Å². The van der Waals surface area contributed by atoms with E-state index in [4.69, 9.17) is 4.74 Å². The third kappa shape index (κ3) is 3.67. The van der Waals surface area contributed by atoms with Crippen LogP contribution in [0.3, 0.4) is 0 Å². The molecule has 0 aliphatic rings. The van der Waals surface area contributed by atoms with Crippen molar-refractivity contribution in [1.82, 2.24) is 14.4 Å². The lowest BCUT2D eigenvalue weighted by Gasteiger charge is -2.07. The van der Waals surface area contributed by atoms with Gasteiger partial charge in [-0.2, -0.15) is 0 Å². The minimum atomic E-state index is 0.660. The van der Waals surface area contributed by atoms with Gasteiger partial charge in [0.05, 0.1) is 7.11 Å². The molecule has 0 atom stereocenters. The van der Waals surface area contributed by atoms with E-state index >= 15 is 0 Å². The Morgan fingerprint density at radius 1 is 1.00 bits per heavy atom. The van der Waals surface area contributed by atoms with Gasteiger partial charge in [-0.3, -0.25) is 4.40 Å². The molecule has 5 nitrogen and oxygen atoms in total. The first-order valence-electron chi connectivity index (χ1n) is 8.77. The summed E-state index contributed by atoms with van der Waals surface area (Å²) in [5, 5.41) is 3.50. The van der Waals surface area contributed by atoms with E-state index in [9.17, 15) is 0 Å². The first kappa shape index (κ1) is 16.8. The van der Waals surface area contributed by atoms with Crippen molar-refractivity contribution in [1.29, 1.82) is 0 Å². The van der Waals surface area contributed by atoms with Crippen molar-refractivity contribution in [3.8, 4) is 5.75 Å². The molecule has 4 rings (SSSR count). The number of methoxy groups -OCH3 is 1. The second kappa shape index (κ2) is 7.74. The van der Waals surface area contributed by atoms with Crippen LogP contribution in [0, 0.1) is 0 Å². The van der Waals surface area contributed by atoms with Gasteiger partial charge in [-0.1, -0.05) is 48.5 Å². The van der Waals surface area contributed by atoms with Crippen LogP contribution in [0.15, 0.2) is 73.1 Å². The summed E-state index contributed by atoms with van der Waals surface area (Å²) in [5.41, 5.74) is 3.03. The second-order valence-electron chi connectivity index (χ2n) is 6.05. The lowest BCUT2D eigenvalue weighted by Crippen LogP contribution is -2.03. The predicted molar refractivity (Wildman–Crippen MR) is 109 cm³/mol. The fourth-order valence-corrected chi connectivity index (χ4v) is 2.95. The highest BCUT2D eigenvalue weighted by Gasteiger charge is 2.10. The van der Waals surface area contributed by atoms with Crippen molar-refractivity contribution in [2.75, 3.05) is 12.4 Å². The van der Waals surface area contributed by atoms with Crippen LogP contribution in [-0.2, 0) is 6.54 Å². The van der Waals surface area contributed by atoms with Crippen LogP contribution in [0.25, 0.3) is 17.9 Å². The Hall–Kier alpha value is -3.60. The largest absolute Gasteiger partial charge is 0.496 e. The molecule has 0 aliphatic heterocycles. The molecule has 0 unspecified atom stereocenters. The molecule has 0 radical (unpaired) electrons. The summed E-state index contributed by atoms with van der Waals surface area (Å²) in [6.45, 7) is 0.707. The number of hydrogen-bond acceptors (Lipinski definition) is 4. The van der Waals surface area contributed by atoms with Gasteiger partial charge in [0.1, 0.15) is 17.3 Å². The van der Waals surface area contributed by atoms with Crippen LogP contribution >= 0.6 is 0 Å². The number of ether oxygens (including phenoxy) is 1. The maximum atomic E-state index is 5.42. The van der Waals surface area contributed by atoms with Crippen LogP contribution in [0.1, 0.15) is 16.8 Å². The third-order valence-corrected chi connectivity index (χ3v) is 4.29. The van der Waals surface area contributed by atoms with Gasteiger partial charge in [0.15, 0.2) is 0 Å². The lowest BCUT2D eigenvalue weighted by molar-refractivity contribution is 0.414. The molecule has 0 saturated carbocycles. The first-order chi connectivity index (χ1) is 13.3. The van der Waals surface area contributed by atoms with E-state index in [2.05, 4.69) is 27.4 Å². The number of para-hydroxylation sites is 1. The summed E-state index contributed by atoms with van der Waals surface area (Å²) in [7, 11) is 1.67. The lowest BCUT2D eigenvalue weighted by atomic mass is 10.1. The van der Waals surface area contributed by atoms with Gasteiger partial charge in [-0.25, -0.2) is 9.97 Å². The van der Waals surface area contributed by atoms with Crippen molar-refractivity contribution < 1.29 is 4.74 Å². The predicted octanol–water partition coefficient (Wildman–Crippen LogP) is 4.52. The van der Waals surface area contributed by atoms with Gasteiger partial charge in [-0.15, -0.1) is 0 Å². The number of nitrogens with one attached hydrogen (secondary N) is 1. The van der Waals surface area contributed by atoms with E-state index in [0.717, 1.165) is 22.8 Å². The van der Waals surface area contributed by atoms with E-state index in [-0.39, 0.29) is 0 Å². The molecular formula is C22H20N4O. The van der Waals surface area contributed by atoms with Gasteiger partial charge in [0, 0.05) is 24.5 Å². The molecule has 0 fully saturated rings. The Balaban J connectivity index is 1.68. The molecule has 1 N–H and O–H groups in total. The third-order valence-electron chi connectivity index (χ3n) is 4.29. The second-order valence-corrected chi connectivity index (χ2v) is 6.05. The van der Waals surface area contributed by atoms with E-state index in [1.807, 2.05) is 71.3 Å². The number of imidazole rings is 1. The van der Waals surface area contributed by atoms with E-state index in [0.29, 0.717) is 12.3 Å². The maximum Gasteiger partial charge on any atom is 0.235 e. The molecule has 2 aromatic heterocycles. The van der Waals surface area contributed by atoms with E-state index in [1.165, 1.54) is 5.56 Å². The van der Waals surface area contributed by atoms with Gasteiger partial charge in [0.25, 0.3) is 0 Å². The molecule has 0 spiro atoms. The van der Waals surface area contributed by atoms with Gasteiger partial charge >= 0.3 is 0 Å². The topological polar surface area (TPSA) is 51.5 Å². The Morgan fingerprint density at radius 2 is 1.81 bits per heavy atom. The quantitative estimate of drug-likeness (QED) is 0.552. The molecule has 0 saturated heterocycles. The highest BCUT2D eigenvalue weighted by molar-refractivity contribution is 5.77. The smallest absolute Gasteiger partial charge is 0.235 e. The summed E-state index contributed by atoms with van der Waals surface area (Å²) in [5.74, 6) is 2.40. The summed E-state index contributed by atoms with van der Waals surface area (Å²) in [6.07, 6.45) is 7.70. The average molecular weight is 356 g/mol. The Labute approximate surface area is 158 Å². The van der Waals surface area contributed by atoms with E-state index in [1.54, 1.807) is 13.3 Å². The fraction of sp³-hybridized carbons (Fsp3) is 0.0909. The summed E-state index contributed by atoms with van der Waals surface area (Å²) in [6, 6.07) is 20.1. The van der Waals surface area contributed by atoms with Crippen LogP contribution in [0.4, 0.5) is 5.82 Å². The summed E-state index contributed by atoms with van der Waals surface area (Å²) >= 11 is 0. The molecule has 2 heterocycles. The minimum Gasteiger partial charge on any atom is -0.496 e. The van der Waals surface area contributed by atoms with Crippen molar-refractivity contribution in [3.63, 3.8) is 0 Å². The highest BCUT2D eigenvalue weighted by atomic mass is 16.5. The maximum absolute atomic E-state index is 5.42. The first-order valence-corrected chi connectivity index (χ1v) is 8.77. The Morgan fingerprint density at radius 3 is 2.67 bits per heavy atom. The molecule has 0 bridgehead atoms. The number of benzene rings is 2. The summed E-state index contributed by atoms with van der Waals surface area (Å²) in [4.78, 5) is 9.02. The molecule has 134 valence electrons. The van der Waals surface area contributed by atoms with Crippen LogP contribution in [-0.4, -0.2) is 21.5 Å². The van der Waals surface area contributed by atoms with Crippen molar-refractivity contribution >= 4 is 23.7 Å². The minimum absolute atomic E-state index is 0.660. The number of aromatic nitrogens is 3. The molecule has 27 heavy (non-hydrogen) atoms. The summed E-state index contributed by atoms with van der Waals surface area (Å²) < 4.78 is 7.39. The number of fused-ring (bicyclic) bond motifs is 1. The van der Waals surface area contributed by atoms with Crippen molar-refractivity contribution in [2.24, 2.45) is 0 Å². The van der Waals surface area contributed by atoms with Gasteiger partial charge in [0.2, 0.25) is 5.78 Å². The molecule has 5 heteroatoms. The van der Waals surface area contributed by atoms with Crippen molar-refractivity contribution in [2.45, 2.75) is 6.54 Å². The molecule has 2 aromatic carbocycles. The van der Waals surface area contributed by atoms with Crippen LogP contribution in [0.2, 0.25) is 0 Å². The van der Waals surface area contributed by atoms with Crippen LogP contribution in [0.5, 0.6) is 5.75 Å². The SMILES string of the molecule is COc1ccccc1/C=C/c1nc2ncccn2c1NCc1ccccc1. The van der Waals surface area contributed by atoms with Gasteiger partial charge in [-0.05, 0) is 29.8 Å². The number of hydrogen-bond donors (Lipinski definition) is 1. The molecule has 0 aliphatic carbocycles. The Kier molecular flexibility index (Phi) is 4.83. The fourth-order valence-electron chi connectivity index (χ4n) is 2.95. The highest BCUT2D eigenvalue weighted by Crippen LogP contribution is 2.23.